The van der Waals surface area contributed by atoms with Gasteiger partial charge in [0.2, 0.25) is 17.7 Å². The molecular weight excluding hydrogens is 636 g/mol. The number of carbonyl (C=O) groups is 4. The summed E-state index contributed by atoms with van der Waals surface area (Å²) < 4.78 is 30.9. The Morgan fingerprint density at radius 3 is 2.20 bits per heavy atom. The van der Waals surface area contributed by atoms with Crippen LogP contribution in [0.5, 0.6) is 0 Å². The van der Waals surface area contributed by atoms with Crippen LogP contribution >= 0.6 is 0 Å². The van der Waals surface area contributed by atoms with E-state index in [-0.39, 0.29) is 29.4 Å². The maximum absolute atomic E-state index is 15.7. The van der Waals surface area contributed by atoms with Crippen molar-refractivity contribution in [2.75, 3.05) is 38.5 Å². The predicted molar refractivity (Wildman–Crippen MR) is 180 cm³/mol. The number of nitrogens with zero attached hydrogens (tertiary/aromatic N) is 4. The molecule has 3 aromatic rings. The highest BCUT2D eigenvalue weighted by molar-refractivity contribution is 6.01. The van der Waals surface area contributed by atoms with Crippen molar-refractivity contribution < 1.29 is 33.1 Å². The number of hydrogen-bond acceptors (Lipinski definition) is 7. The van der Waals surface area contributed by atoms with Gasteiger partial charge in [-0.1, -0.05) is 32.0 Å². The number of amides is 4. The van der Waals surface area contributed by atoms with E-state index in [2.05, 4.69) is 25.9 Å². The molecule has 49 heavy (non-hydrogen) atoms. The summed E-state index contributed by atoms with van der Waals surface area (Å²) in [5.74, 6) is -4.36. The average Bonchev–Trinajstić information content (AvgIpc) is 3.57. The Morgan fingerprint density at radius 2 is 1.61 bits per heavy atom. The molecule has 1 aliphatic rings. The lowest BCUT2D eigenvalue weighted by atomic mass is 9.86. The number of piperazine rings is 1. The molecule has 2 heterocycles. The number of aliphatic hydroxyl groups is 1. The van der Waals surface area contributed by atoms with Gasteiger partial charge in [0, 0.05) is 50.8 Å². The first-order valence-corrected chi connectivity index (χ1v) is 16.3. The Bertz CT molecular complexity index is 1650. The molecule has 0 spiro atoms. The SMILES string of the molecule is CCC(=O)N[C@@H](C(=O)N1CCN(C)CC1)[C@@](C)(O)c1ccc(NC(=O)[C@@H](NC(=O)c2ccnn2C(C)C)[C@@H](C)c2ccc(F)cc2)c(F)c1. The number of hydrogen-bond donors (Lipinski definition) is 4. The second-order valence-electron chi connectivity index (χ2n) is 12.9. The van der Waals surface area contributed by atoms with E-state index in [0.717, 1.165) is 6.07 Å². The van der Waals surface area contributed by atoms with Crippen molar-refractivity contribution in [1.29, 1.82) is 0 Å². The smallest absolute Gasteiger partial charge is 0.270 e. The monoisotopic (exact) mass is 681 g/mol. The molecule has 4 atom stereocenters. The van der Waals surface area contributed by atoms with Crippen LogP contribution in [-0.4, -0.2) is 93.6 Å². The van der Waals surface area contributed by atoms with Gasteiger partial charge in [0.15, 0.2) is 0 Å². The molecule has 1 fully saturated rings. The van der Waals surface area contributed by atoms with Crippen LogP contribution in [0.2, 0.25) is 0 Å². The quantitative estimate of drug-likeness (QED) is 0.230. The first kappa shape index (κ1) is 37.1. The molecule has 2 aromatic carbocycles. The van der Waals surface area contributed by atoms with Gasteiger partial charge in [0.05, 0.1) is 5.69 Å². The van der Waals surface area contributed by atoms with Crippen LogP contribution in [-0.2, 0) is 20.0 Å². The van der Waals surface area contributed by atoms with Gasteiger partial charge < -0.3 is 30.9 Å². The number of benzene rings is 2. The third kappa shape index (κ3) is 8.67. The van der Waals surface area contributed by atoms with E-state index in [9.17, 15) is 28.7 Å². The molecule has 4 rings (SSSR count). The number of halogens is 2. The van der Waals surface area contributed by atoms with Gasteiger partial charge in [-0.25, -0.2) is 8.78 Å². The zero-order valence-electron chi connectivity index (χ0n) is 28.7. The summed E-state index contributed by atoms with van der Waals surface area (Å²) in [6, 6.07) is 7.82. The first-order valence-electron chi connectivity index (χ1n) is 16.3. The van der Waals surface area contributed by atoms with Gasteiger partial charge in [-0.05, 0) is 69.3 Å². The number of anilines is 1. The summed E-state index contributed by atoms with van der Waals surface area (Å²) in [6.07, 6.45) is 1.53. The Kier molecular flexibility index (Phi) is 11.9. The van der Waals surface area contributed by atoms with Gasteiger partial charge in [0.1, 0.15) is 35.0 Å². The normalized spacial score (nSPS) is 16.7. The lowest BCUT2D eigenvalue weighted by molar-refractivity contribution is -0.145. The molecule has 0 radical (unpaired) electrons. The zero-order valence-corrected chi connectivity index (χ0v) is 28.7. The second-order valence-corrected chi connectivity index (χ2v) is 12.9. The van der Waals surface area contributed by atoms with Gasteiger partial charge in [-0.2, -0.15) is 5.10 Å². The van der Waals surface area contributed by atoms with E-state index in [1.807, 2.05) is 20.9 Å². The predicted octanol–water partition coefficient (Wildman–Crippen LogP) is 3.16. The third-order valence-electron chi connectivity index (χ3n) is 8.92. The number of aromatic nitrogens is 2. The van der Waals surface area contributed by atoms with Crippen molar-refractivity contribution in [2.24, 2.45) is 0 Å². The van der Waals surface area contributed by atoms with E-state index in [0.29, 0.717) is 31.7 Å². The van der Waals surface area contributed by atoms with Gasteiger partial charge in [-0.15, -0.1) is 0 Å². The molecule has 4 amide bonds. The maximum Gasteiger partial charge on any atom is 0.270 e. The van der Waals surface area contributed by atoms with Crippen LogP contribution in [0.15, 0.2) is 54.7 Å². The Morgan fingerprint density at radius 1 is 0.959 bits per heavy atom. The summed E-state index contributed by atoms with van der Waals surface area (Å²) in [5.41, 5.74) is -1.51. The molecule has 0 saturated carbocycles. The molecule has 12 nitrogen and oxygen atoms in total. The molecule has 0 bridgehead atoms. The van der Waals surface area contributed by atoms with Crippen LogP contribution in [0.1, 0.15) is 74.6 Å². The summed E-state index contributed by atoms with van der Waals surface area (Å²) in [7, 11) is 1.93. The van der Waals surface area contributed by atoms with Crippen molar-refractivity contribution in [3.05, 3.63) is 83.2 Å². The van der Waals surface area contributed by atoms with Crippen LogP contribution < -0.4 is 16.0 Å². The minimum atomic E-state index is -2.03. The van der Waals surface area contributed by atoms with E-state index >= 15 is 4.39 Å². The Labute approximate surface area is 284 Å². The summed E-state index contributed by atoms with van der Waals surface area (Å²) in [4.78, 5) is 56.8. The molecule has 0 unspecified atom stereocenters. The van der Waals surface area contributed by atoms with Gasteiger partial charge >= 0.3 is 0 Å². The fourth-order valence-corrected chi connectivity index (χ4v) is 5.72. The molecule has 264 valence electrons. The van der Waals surface area contributed by atoms with Crippen LogP contribution in [0.4, 0.5) is 14.5 Å². The molecule has 1 aliphatic heterocycles. The lowest BCUT2D eigenvalue weighted by Gasteiger charge is -2.39. The highest BCUT2D eigenvalue weighted by atomic mass is 19.1. The highest BCUT2D eigenvalue weighted by Crippen LogP contribution is 2.30. The van der Waals surface area contributed by atoms with Crippen LogP contribution in [0.3, 0.4) is 0 Å². The zero-order chi connectivity index (χ0) is 36.0. The number of nitrogens with one attached hydrogen (secondary N) is 3. The fourth-order valence-electron chi connectivity index (χ4n) is 5.72. The maximum atomic E-state index is 15.7. The third-order valence-corrected chi connectivity index (χ3v) is 8.92. The van der Waals surface area contributed by atoms with Crippen molar-refractivity contribution >= 4 is 29.3 Å². The second kappa shape index (κ2) is 15.7. The molecule has 0 aliphatic carbocycles. The van der Waals surface area contributed by atoms with Crippen LogP contribution in [0.25, 0.3) is 0 Å². The van der Waals surface area contributed by atoms with Gasteiger partial charge in [-0.3, -0.25) is 23.9 Å². The van der Waals surface area contributed by atoms with E-state index < -0.39 is 58.9 Å². The standard InChI is InChI=1S/C35H45F2N7O5/c1-7-29(45)40-31(34(48)43-18-16-42(6)17-19-43)35(5,49)24-10-13-27(26(37)20-24)39-33(47)30(22(4)23-8-11-25(36)12-9-23)41-32(46)28-14-15-38-44(28)21(2)3/h8-15,20-22,30-31,49H,7,16-19H2,1-6H3,(H,39,47)(H,40,45)(H,41,46)/t22-,30-,31-,35-/m0/s1. The fraction of sp³-hybridized carbons (Fsp3) is 0.457. The number of likely N-dealkylation sites (N-methyl/N-ethyl adjacent to an activating group) is 1. The summed E-state index contributed by atoms with van der Waals surface area (Å²) >= 11 is 0. The minimum absolute atomic E-state index is 0.00152. The molecule has 14 heteroatoms. The molecular formula is C35H45F2N7O5. The minimum Gasteiger partial charge on any atom is -0.383 e. The van der Waals surface area contributed by atoms with E-state index in [1.54, 1.807) is 18.7 Å². The van der Waals surface area contributed by atoms with E-state index in [4.69, 9.17) is 0 Å². The highest BCUT2D eigenvalue weighted by Gasteiger charge is 2.43. The van der Waals surface area contributed by atoms with Gasteiger partial charge in [0.25, 0.3) is 5.91 Å². The molecule has 1 aromatic heterocycles. The number of carbonyl (C=O) groups excluding carboxylic acids is 4. The Balaban J connectivity index is 1.61. The number of rotatable bonds is 12. The largest absolute Gasteiger partial charge is 0.383 e. The van der Waals surface area contributed by atoms with Crippen molar-refractivity contribution in [1.82, 2.24) is 30.2 Å². The van der Waals surface area contributed by atoms with Crippen molar-refractivity contribution in [2.45, 2.75) is 70.7 Å². The molecule has 1 saturated heterocycles. The van der Waals surface area contributed by atoms with Crippen molar-refractivity contribution in [3.63, 3.8) is 0 Å². The van der Waals surface area contributed by atoms with Crippen LogP contribution in [0, 0.1) is 11.6 Å². The molecule has 4 N–H and O–H groups in total. The van der Waals surface area contributed by atoms with Crippen molar-refractivity contribution in [3.8, 4) is 0 Å². The average molecular weight is 682 g/mol. The first-order chi connectivity index (χ1) is 23.1. The van der Waals surface area contributed by atoms with E-state index in [1.165, 1.54) is 60.3 Å². The topological polar surface area (TPSA) is 149 Å². The lowest BCUT2D eigenvalue weighted by Crippen LogP contribution is -2.60. The summed E-state index contributed by atoms with van der Waals surface area (Å²) in [5, 5.41) is 23.7. The Hall–Kier alpha value is -4.69. The summed E-state index contributed by atoms with van der Waals surface area (Å²) in [6.45, 7) is 10.4.